The number of nitrogens with one attached hydrogen (secondary N) is 3. The Morgan fingerprint density at radius 2 is 1.93 bits per heavy atom. The topological polar surface area (TPSA) is 145 Å². The molecule has 5 aliphatic rings. The smallest absolute Gasteiger partial charge is 0.421 e. The van der Waals surface area contributed by atoms with Gasteiger partial charge in [0.05, 0.1) is 37.0 Å². The summed E-state index contributed by atoms with van der Waals surface area (Å²) in [4.78, 5) is 25.4. The summed E-state index contributed by atoms with van der Waals surface area (Å²) in [5.74, 6) is -1.04. The Kier molecular flexibility index (Phi) is 8.23. The molecule has 16 heteroatoms. The van der Waals surface area contributed by atoms with E-state index in [0.29, 0.717) is 53.8 Å². The van der Waals surface area contributed by atoms with Crippen molar-refractivity contribution in [2.24, 2.45) is 5.41 Å². The highest BCUT2D eigenvalue weighted by atomic mass is 31.2. The molecule has 1 unspecified atom stereocenters. The van der Waals surface area contributed by atoms with E-state index in [1.165, 1.54) is 20.2 Å². The third-order valence-corrected chi connectivity index (χ3v) is 10.5. The maximum atomic E-state index is 14.1. The number of nitrogens with zero attached hydrogens (tertiary/aromatic N) is 5. The van der Waals surface area contributed by atoms with Crippen molar-refractivity contribution in [3.05, 3.63) is 65.7 Å². The zero-order chi connectivity index (χ0) is 32.7. The number of amides is 1. The van der Waals surface area contributed by atoms with Gasteiger partial charge >= 0.3 is 6.18 Å². The molecule has 1 fully saturated rings. The van der Waals surface area contributed by atoms with E-state index >= 15 is 0 Å². The molecular weight excluding hydrogens is 624 g/mol. The lowest BCUT2D eigenvalue weighted by Crippen LogP contribution is -2.21. The van der Waals surface area contributed by atoms with Gasteiger partial charge < -0.3 is 25.2 Å². The third-order valence-electron chi connectivity index (χ3n) is 8.09. The summed E-state index contributed by atoms with van der Waals surface area (Å²) in [7, 11) is -0.230. The van der Waals surface area contributed by atoms with Crippen molar-refractivity contribution in [3.8, 4) is 17.0 Å². The predicted molar refractivity (Wildman–Crippen MR) is 165 cm³/mol. The number of carbonyl (C=O) groups is 1. The highest BCUT2D eigenvalue weighted by Gasteiger charge is 2.45. The number of aromatic nitrogens is 5. The second-order valence-corrected chi connectivity index (χ2v) is 14.2. The van der Waals surface area contributed by atoms with Crippen LogP contribution in [0.3, 0.4) is 0 Å². The van der Waals surface area contributed by atoms with Crippen LogP contribution in [0.4, 0.5) is 36.3 Å². The molecule has 7 heterocycles. The number of hydrogen-bond acceptors (Lipinski definition) is 10. The quantitative estimate of drug-likeness (QED) is 0.218. The van der Waals surface area contributed by atoms with Gasteiger partial charge in [0, 0.05) is 49.3 Å². The van der Waals surface area contributed by atoms with E-state index in [2.05, 4.69) is 36.0 Å². The molecule has 12 nitrogen and oxygen atoms in total. The van der Waals surface area contributed by atoms with Gasteiger partial charge in [0.25, 0.3) is 5.91 Å². The summed E-state index contributed by atoms with van der Waals surface area (Å²) in [5, 5.41) is 12.5. The minimum atomic E-state index is -4.81. The van der Waals surface area contributed by atoms with Crippen LogP contribution in [0, 0.1) is 5.41 Å². The van der Waals surface area contributed by atoms with Crippen molar-refractivity contribution >= 4 is 36.4 Å². The fraction of sp³-hybridized carbons (Fsp3) is 0.367. The maximum Gasteiger partial charge on any atom is 0.421 e. The fourth-order valence-electron chi connectivity index (χ4n) is 5.17. The van der Waals surface area contributed by atoms with E-state index in [4.69, 9.17) is 9.26 Å². The Hall–Kier alpha value is -4.49. The standard InChI is InChI=1S/C30H32F3N8O4P/c1-4-46(43)15-18-5-6-22(24(11-18)44-3)39-28-35-13-20(30(31,32)33)26(40-28)38-23-8-7-21(37-25(23)27(42)34-2)19-12-36-41(14-19)16-29(9-10-29)17-45-46/h5-8,11-14H,4,9-10,15-17H2,1-3H3,(H,34,42)(H2,35,38,39,40). The summed E-state index contributed by atoms with van der Waals surface area (Å²) in [6, 6.07) is 8.14. The zero-order valence-corrected chi connectivity index (χ0v) is 26.2. The van der Waals surface area contributed by atoms with Crippen molar-refractivity contribution < 1.29 is 31.8 Å². The van der Waals surface area contributed by atoms with E-state index in [1.807, 2.05) is 6.92 Å². The first-order valence-corrected chi connectivity index (χ1v) is 16.6. The van der Waals surface area contributed by atoms with E-state index in [1.54, 1.807) is 41.3 Å². The Morgan fingerprint density at radius 3 is 2.63 bits per heavy atom. The molecule has 4 aliphatic heterocycles. The summed E-state index contributed by atoms with van der Waals surface area (Å²) in [6.07, 6.45) is 1.52. The average Bonchev–Trinajstić information content (AvgIpc) is 3.65. The number of ether oxygens (including phenoxy) is 1. The lowest BCUT2D eigenvalue weighted by molar-refractivity contribution is -0.137. The van der Waals surface area contributed by atoms with Crippen molar-refractivity contribution in [1.29, 1.82) is 0 Å². The molecule has 0 saturated heterocycles. The Balaban J connectivity index is 1.47. The summed E-state index contributed by atoms with van der Waals surface area (Å²) < 4.78 is 69.6. The molecule has 0 radical (unpaired) electrons. The monoisotopic (exact) mass is 656 g/mol. The van der Waals surface area contributed by atoms with Crippen LogP contribution in [0.15, 0.2) is 48.9 Å². The molecule has 1 spiro atoms. The highest BCUT2D eigenvalue weighted by Crippen LogP contribution is 2.56. The van der Waals surface area contributed by atoms with Crippen molar-refractivity contribution in [1.82, 2.24) is 30.0 Å². The molecule has 8 bridgehead atoms. The van der Waals surface area contributed by atoms with Crippen LogP contribution in [0.2, 0.25) is 0 Å². The number of anilines is 4. The molecule has 242 valence electrons. The minimum Gasteiger partial charge on any atom is -0.495 e. The van der Waals surface area contributed by atoms with Crippen LogP contribution in [0.5, 0.6) is 5.75 Å². The van der Waals surface area contributed by atoms with Gasteiger partial charge in [0.1, 0.15) is 17.1 Å². The van der Waals surface area contributed by atoms with Crippen molar-refractivity contribution in [2.45, 2.75) is 38.6 Å². The lowest BCUT2D eigenvalue weighted by Gasteiger charge is -2.22. The fourth-order valence-corrected chi connectivity index (χ4v) is 6.93. The normalized spacial score (nSPS) is 19.0. The molecule has 1 aromatic carbocycles. The van der Waals surface area contributed by atoms with Gasteiger partial charge in [-0.2, -0.15) is 23.3 Å². The highest BCUT2D eigenvalue weighted by molar-refractivity contribution is 7.58. The summed E-state index contributed by atoms with van der Waals surface area (Å²) >= 11 is 0. The molecular formula is C30H32F3N8O4P. The number of carbonyl (C=O) groups excluding carboxylic acids is 1. The van der Waals surface area contributed by atoms with Gasteiger partial charge in [-0.05, 0) is 42.7 Å². The Labute approximate surface area is 262 Å². The molecule has 9 rings (SSSR count). The van der Waals surface area contributed by atoms with Gasteiger partial charge in [-0.25, -0.2) is 9.97 Å². The number of benzene rings is 1. The largest absolute Gasteiger partial charge is 0.495 e. The zero-order valence-electron chi connectivity index (χ0n) is 25.3. The van der Waals surface area contributed by atoms with E-state index in [-0.39, 0.29) is 28.9 Å². The first-order valence-electron chi connectivity index (χ1n) is 14.6. The number of halogens is 3. The van der Waals surface area contributed by atoms with E-state index in [0.717, 1.165) is 12.8 Å². The minimum absolute atomic E-state index is 0.00385. The third kappa shape index (κ3) is 6.56. The lowest BCUT2D eigenvalue weighted by atomic mass is 10.1. The van der Waals surface area contributed by atoms with Crippen LogP contribution in [0.1, 0.15) is 41.4 Å². The van der Waals surface area contributed by atoms with Crippen LogP contribution in [0.25, 0.3) is 11.3 Å². The molecule has 4 aromatic rings. The van der Waals surface area contributed by atoms with Gasteiger partial charge in [-0.15, -0.1) is 0 Å². The van der Waals surface area contributed by atoms with Crippen molar-refractivity contribution in [3.63, 3.8) is 0 Å². The molecule has 3 N–H and O–H groups in total. The van der Waals surface area contributed by atoms with Gasteiger partial charge in [0.2, 0.25) is 13.3 Å². The van der Waals surface area contributed by atoms with Crippen molar-refractivity contribution in [2.75, 3.05) is 37.6 Å². The summed E-state index contributed by atoms with van der Waals surface area (Å²) in [5.41, 5.74) is 0.588. The van der Waals surface area contributed by atoms with Crippen LogP contribution < -0.4 is 20.7 Å². The van der Waals surface area contributed by atoms with Gasteiger partial charge in [0.15, 0.2) is 5.69 Å². The number of hydrogen-bond donors (Lipinski definition) is 3. The van der Waals surface area contributed by atoms with Gasteiger partial charge in [-0.3, -0.25) is 14.0 Å². The maximum absolute atomic E-state index is 14.1. The van der Waals surface area contributed by atoms with Crippen LogP contribution >= 0.6 is 7.37 Å². The second-order valence-electron chi connectivity index (χ2n) is 11.4. The molecule has 46 heavy (non-hydrogen) atoms. The predicted octanol–water partition coefficient (Wildman–Crippen LogP) is 6.22. The van der Waals surface area contributed by atoms with Crippen LogP contribution in [-0.4, -0.2) is 57.6 Å². The average molecular weight is 657 g/mol. The molecule has 1 atom stereocenters. The molecule has 3 aromatic heterocycles. The summed E-state index contributed by atoms with van der Waals surface area (Å²) in [6.45, 7) is 2.68. The number of methoxy groups -OCH3 is 1. The molecule has 1 saturated carbocycles. The Morgan fingerprint density at radius 1 is 1.15 bits per heavy atom. The van der Waals surface area contributed by atoms with E-state index < -0.39 is 30.8 Å². The van der Waals surface area contributed by atoms with Gasteiger partial charge in [-0.1, -0.05) is 13.0 Å². The second kappa shape index (κ2) is 12.0. The number of alkyl halides is 3. The number of rotatable bonds is 3. The molecule has 1 aliphatic carbocycles. The first kappa shape index (κ1) is 31.5. The van der Waals surface area contributed by atoms with Crippen LogP contribution in [-0.2, 0) is 28.0 Å². The molecule has 1 amide bonds. The number of pyridine rings is 1. The SMILES string of the molecule is CCP1(=O)Cc2ccc(c(OC)c2)Nc2ncc(C(F)(F)F)c(n2)Nc2ccc(nc2C(=O)NC)-c2cnn(c2)CC2(CC2)CO1. The Bertz CT molecular complexity index is 1840. The first-order chi connectivity index (χ1) is 21.9. The van der Waals surface area contributed by atoms with E-state index in [9.17, 15) is 22.5 Å².